The molecule has 0 saturated carbocycles. The Balaban J connectivity index is 1.92. The first kappa shape index (κ1) is 17.0. The van der Waals surface area contributed by atoms with Crippen LogP contribution < -0.4 is 9.39 Å². The van der Waals surface area contributed by atoms with E-state index in [1.165, 1.54) is 29.2 Å². The van der Waals surface area contributed by atoms with E-state index in [4.69, 9.17) is 9.39 Å². The van der Waals surface area contributed by atoms with Gasteiger partial charge in [-0.2, -0.15) is 0 Å². The zero-order valence-electron chi connectivity index (χ0n) is 12.4. The molecule has 2 N–H and O–H groups in total. The van der Waals surface area contributed by atoms with Crippen LogP contribution in [0.1, 0.15) is 22.8 Å². The van der Waals surface area contributed by atoms with Crippen molar-refractivity contribution in [3.63, 3.8) is 0 Å². The van der Waals surface area contributed by atoms with Crippen molar-refractivity contribution < 1.29 is 28.7 Å². The van der Waals surface area contributed by atoms with Gasteiger partial charge in [-0.3, -0.25) is 0 Å². The van der Waals surface area contributed by atoms with Crippen molar-refractivity contribution in [1.29, 1.82) is 0 Å². The van der Waals surface area contributed by atoms with Crippen molar-refractivity contribution in [3.05, 3.63) is 28.8 Å². The Bertz CT molecular complexity index is 746. The molecule has 0 aliphatic carbocycles. The van der Waals surface area contributed by atoms with Crippen molar-refractivity contribution in [3.8, 4) is 11.5 Å². The van der Waals surface area contributed by atoms with Crippen molar-refractivity contribution in [1.82, 2.24) is 10.2 Å². The van der Waals surface area contributed by atoms with E-state index in [0.717, 1.165) is 6.92 Å². The zero-order chi connectivity index (χ0) is 17.3. The van der Waals surface area contributed by atoms with Gasteiger partial charge in [0.1, 0.15) is 22.6 Å². The molecule has 11 heteroatoms. The minimum absolute atomic E-state index is 0.00210. The number of halogens is 1. The van der Waals surface area contributed by atoms with E-state index in [1.807, 2.05) is 0 Å². The molecule has 0 amide bonds. The van der Waals surface area contributed by atoms with Crippen LogP contribution in [0.25, 0.3) is 0 Å². The summed E-state index contributed by atoms with van der Waals surface area (Å²) in [6.45, 7) is 1.15. The standard InChI is InChI=1S/C13H12BFN2O5S2/c1-6(15)21-8-3-2-7-4-9(24-13-17-16-5-23-13)14(20)22-11(7)10(8)12(18)19/h2-3,5-6,9,20H,4H2,1H3,(H,18,19)/t6?,9-/m0/s1. The normalized spacial score (nSPS) is 17.8. The molecule has 126 valence electrons. The van der Waals surface area contributed by atoms with Gasteiger partial charge in [0.25, 0.3) is 0 Å². The maximum absolute atomic E-state index is 13.1. The Labute approximate surface area is 145 Å². The van der Waals surface area contributed by atoms with Crippen LogP contribution in [0.2, 0.25) is 0 Å². The van der Waals surface area contributed by atoms with Gasteiger partial charge in [0.2, 0.25) is 6.36 Å². The molecule has 3 rings (SSSR count). The number of nitrogens with zero attached hydrogens (tertiary/aromatic N) is 2. The highest BCUT2D eigenvalue weighted by Gasteiger charge is 2.39. The first-order valence-electron chi connectivity index (χ1n) is 6.93. The molecule has 2 heterocycles. The number of hydrogen-bond donors (Lipinski definition) is 2. The predicted octanol–water partition coefficient (Wildman–Crippen LogP) is 2.05. The second kappa shape index (κ2) is 6.95. The first-order chi connectivity index (χ1) is 11.5. The lowest BCUT2D eigenvalue weighted by atomic mass is 9.77. The summed E-state index contributed by atoms with van der Waals surface area (Å²) in [6.07, 6.45) is -1.30. The molecule has 1 aliphatic rings. The van der Waals surface area contributed by atoms with Crippen LogP contribution in [-0.2, 0) is 6.42 Å². The van der Waals surface area contributed by atoms with E-state index in [2.05, 4.69) is 10.2 Å². The molecule has 0 bridgehead atoms. The van der Waals surface area contributed by atoms with Gasteiger partial charge in [-0.15, -0.1) is 10.2 Å². The van der Waals surface area contributed by atoms with Crippen LogP contribution in [0.15, 0.2) is 22.0 Å². The van der Waals surface area contributed by atoms with Gasteiger partial charge < -0.3 is 19.5 Å². The number of benzene rings is 1. The summed E-state index contributed by atoms with van der Waals surface area (Å²) in [4.78, 5) is 11.5. The molecule has 0 saturated heterocycles. The average molecular weight is 370 g/mol. The van der Waals surface area contributed by atoms with Gasteiger partial charge in [0.15, 0.2) is 4.34 Å². The van der Waals surface area contributed by atoms with Crippen molar-refractivity contribution in [2.45, 2.75) is 29.2 Å². The average Bonchev–Trinajstić information content (AvgIpc) is 3.00. The molecule has 0 radical (unpaired) electrons. The molecule has 1 aromatic heterocycles. The second-order valence-corrected chi connectivity index (χ2v) is 7.29. The Morgan fingerprint density at radius 2 is 2.42 bits per heavy atom. The molecular formula is C13H12BFN2O5S2. The lowest BCUT2D eigenvalue weighted by molar-refractivity contribution is 0.0653. The molecule has 1 aromatic carbocycles. The second-order valence-electron chi connectivity index (χ2n) is 4.97. The first-order valence-corrected chi connectivity index (χ1v) is 8.69. The number of carboxylic acids is 1. The largest absolute Gasteiger partial charge is 0.537 e. The molecule has 1 aliphatic heterocycles. The van der Waals surface area contributed by atoms with Crippen LogP contribution in [-0.4, -0.2) is 44.9 Å². The summed E-state index contributed by atoms with van der Waals surface area (Å²) in [5, 5.41) is 26.9. The van der Waals surface area contributed by atoms with Crippen molar-refractivity contribution >= 4 is 36.2 Å². The highest BCUT2D eigenvalue weighted by molar-refractivity contribution is 8.02. The number of aromatic carboxylic acids is 1. The molecule has 24 heavy (non-hydrogen) atoms. The lowest BCUT2D eigenvalue weighted by Gasteiger charge is -2.28. The van der Waals surface area contributed by atoms with Crippen molar-refractivity contribution in [2.75, 3.05) is 0 Å². The minimum atomic E-state index is -1.67. The number of fused-ring (bicyclic) bond motifs is 1. The third kappa shape index (κ3) is 3.47. The highest BCUT2D eigenvalue weighted by Crippen LogP contribution is 2.40. The number of aromatic nitrogens is 2. The van der Waals surface area contributed by atoms with E-state index < -0.39 is 19.4 Å². The van der Waals surface area contributed by atoms with Crippen LogP contribution >= 0.6 is 23.1 Å². The number of thioether (sulfide) groups is 1. The summed E-state index contributed by atoms with van der Waals surface area (Å²) < 4.78 is 24.1. The number of rotatable bonds is 5. The maximum Gasteiger partial charge on any atom is 0.537 e. The third-order valence-corrected chi connectivity index (χ3v) is 5.32. The quantitative estimate of drug-likeness (QED) is 0.772. The van der Waals surface area contributed by atoms with Crippen molar-refractivity contribution in [2.24, 2.45) is 0 Å². The fourth-order valence-electron chi connectivity index (χ4n) is 2.34. The SMILES string of the molecule is CC(F)Oc1ccc2c(c1C(=O)O)OB(O)[C@@H](Sc1nncs1)C2. The molecule has 2 atom stereocenters. The Kier molecular flexibility index (Phi) is 4.92. The van der Waals surface area contributed by atoms with E-state index in [9.17, 15) is 19.3 Å². The predicted molar refractivity (Wildman–Crippen MR) is 86.5 cm³/mol. The van der Waals surface area contributed by atoms with Crippen LogP contribution in [0.4, 0.5) is 4.39 Å². The van der Waals surface area contributed by atoms with Gasteiger partial charge >= 0.3 is 13.1 Å². The van der Waals surface area contributed by atoms with Crippen LogP contribution in [0, 0.1) is 0 Å². The molecular weight excluding hydrogens is 358 g/mol. The summed E-state index contributed by atoms with van der Waals surface area (Å²) >= 11 is 2.64. The molecule has 2 aromatic rings. The minimum Gasteiger partial charge on any atom is -0.534 e. The van der Waals surface area contributed by atoms with E-state index in [1.54, 1.807) is 11.6 Å². The van der Waals surface area contributed by atoms with Gasteiger partial charge in [-0.25, -0.2) is 9.18 Å². The number of carbonyl (C=O) groups is 1. The van der Waals surface area contributed by atoms with Crippen LogP contribution in [0.5, 0.6) is 11.5 Å². The lowest BCUT2D eigenvalue weighted by Crippen LogP contribution is -2.40. The van der Waals surface area contributed by atoms with Gasteiger partial charge in [-0.1, -0.05) is 29.2 Å². The fraction of sp³-hybridized carbons (Fsp3) is 0.308. The summed E-state index contributed by atoms with van der Waals surface area (Å²) in [6, 6.07) is 3.01. The fourth-order valence-corrected chi connectivity index (χ4v) is 4.13. The Morgan fingerprint density at radius 1 is 1.62 bits per heavy atom. The smallest absolute Gasteiger partial charge is 0.534 e. The van der Waals surface area contributed by atoms with Crippen LogP contribution in [0.3, 0.4) is 0 Å². The number of ether oxygens (including phenoxy) is 1. The number of alkyl halides is 1. The van der Waals surface area contributed by atoms with Gasteiger partial charge in [-0.05, 0) is 18.1 Å². The Hall–Kier alpha value is -1.85. The van der Waals surface area contributed by atoms with E-state index in [-0.39, 0.29) is 22.2 Å². The van der Waals surface area contributed by atoms with Gasteiger partial charge in [0.05, 0.1) is 5.15 Å². The molecule has 0 spiro atoms. The number of hydrogen-bond acceptors (Lipinski definition) is 8. The summed E-state index contributed by atoms with van der Waals surface area (Å²) in [5.74, 6) is -1.45. The highest BCUT2D eigenvalue weighted by atomic mass is 32.2. The zero-order valence-corrected chi connectivity index (χ0v) is 14.0. The summed E-state index contributed by atoms with van der Waals surface area (Å²) in [7, 11) is -1.23. The molecule has 0 fully saturated rings. The maximum atomic E-state index is 13.1. The monoisotopic (exact) mass is 370 g/mol. The third-order valence-electron chi connectivity index (χ3n) is 3.27. The van der Waals surface area contributed by atoms with E-state index >= 15 is 0 Å². The topological polar surface area (TPSA) is 102 Å². The number of carboxylic acid groups (broad SMARTS) is 1. The summed E-state index contributed by atoms with van der Waals surface area (Å²) in [5.41, 5.74) is 1.88. The molecule has 7 nitrogen and oxygen atoms in total. The van der Waals surface area contributed by atoms with E-state index in [0.29, 0.717) is 16.3 Å². The Morgan fingerprint density at radius 3 is 3.04 bits per heavy atom. The molecule has 1 unspecified atom stereocenters. The van der Waals surface area contributed by atoms with Gasteiger partial charge in [0, 0.05) is 6.92 Å².